The minimum atomic E-state index is -0.838. The fraction of sp³-hybridized carbons (Fsp3) is 0.625. The summed E-state index contributed by atoms with van der Waals surface area (Å²) < 4.78 is 10.6. The molecule has 2 rings (SSSR count). The Morgan fingerprint density at radius 2 is 2.31 bits per heavy atom. The van der Waals surface area contributed by atoms with Crippen molar-refractivity contribution in [3.05, 3.63) is 11.5 Å². The molecule has 72 valence electrons. The van der Waals surface area contributed by atoms with Crippen molar-refractivity contribution in [1.29, 1.82) is 0 Å². The Balaban J connectivity index is 2.35. The van der Waals surface area contributed by atoms with Gasteiger partial charge in [-0.15, -0.1) is 0 Å². The number of hydrogen-bond acceptors (Lipinski definition) is 4. The van der Waals surface area contributed by atoms with Crippen LogP contribution in [0.1, 0.15) is 13.8 Å². The predicted molar refractivity (Wildman–Crippen MR) is 42.7 cm³/mol. The summed E-state index contributed by atoms with van der Waals surface area (Å²) in [7, 11) is 0. The van der Waals surface area contributed by atoms with Crippen LogP contribution in [0.3, 0.4) is 0 Å². The molecule has 1 fully saturated rings. The average Bonchev–Trinajstić information content (AvgIpc) is 2.35. The molecule has 13 heavy (non-hydrogen) atoms. The summed E-state index contributed by atoms with van der Waals surface area (Å²) in [6, 6.07) is 0. The smallest absolute Gasteiger partial charge is 0.257 e. The van der Waals surface area contributed by atoms with E-state index in [9.17, 15) is 9.90 Å². The van der Waals surface area contributed by atoms with Crippen molar-refractivity contribution >= 4 is 5.91 Å². The first-order valence-electron chi connectivity index (χ1n) is 4.06. The van der Waals surface area contributed by atoms with E-state index in [1.807, 2.05) is 0 Å². The molecular formula is C8H11NO4. The maximum atomic E-state index is 11.2. The van der Waals surface area contributed by atoms with Gasteiger partial charge in [-0.2, -0.15) is 0 Å². The molecule has 1 saturated heterocycles. The number of carbonyl (C=O) groups excluding carboxylic acids is 1. The van der Waals surface area contributed by atoms with E-state index in [1.165, 1.54) is 0 Å². The van der Waals surface area contributed by atoms with Gasteiger partial charge in [0.15, 0.2) is 11.5 Å². The lowest BCUT2D eigenvalue weighted by Gasteiger charge is -2.16. The lowest BCUT2D eigenvalue weighted by atomic mass is 10.2. The van der Waals surface area contributed by atoms with Gasteiger partial charge in [-0.3, -0.25) is 4.79 Å². The van der Waals surface area contributed by atoms with E-state index < -0.39 is 11.9 Å². The summed E-state index contributed by atoms with van der Waals surface area (Å²) in [5, 5.41) is 11.9. The standard InChI is InChI=1S/C8H11NO4/c1-8(2)12-5-4(10)3-9-7(11)6(5)13-8/h6,10H,3H2,1-2H3,(H,9,11). The van der Waals surface area contributed by atoms with Crippen molar-refractivity contribution in [2.24, 2.45) is 0 Å². The Bertz CT molecular complexity index is 295. The quantitative estimate of drug-likeness (QED) is 0.559. The van der Waals surface area contributed by atoms with Gasteiger partial charge in [0, 0.05) is 13.8 Å². The molecule has 0 aliphatic carbocycles. The summed E-state index contributed by atoms with van der Waals surface area (Å²) in [5.41, 5.74) is 0. The van der Waals surface area contributed by atoms with Crippen molar-refractivity contribution < 1.29 is 19.4 Å². The highest BCUT2D eigenvalue weighted by Gasteiger charge is 2.46. The Labute approximate surface area is 75.3 Å². The van der Waals surface area contributed by atoms with Crippen LogP contribution in [0, 0.1) is 0 Å². The first-order valence-corrected chi connectivity index (χ1v) is 4.06. The lowest BCUT2D eigenvalue weighted by Crippen LogP contribution is -2.41. The van der Waals surface area contributed by atoms with E-state index >= 15 is 0 Å². The highest BCUT2D eigenvalue weighted by Crippen LogP contribution is 2.33. The van der Waals surface area contributed by atoms with Gasteiger partial charge in [0.05, 0.1) is 6.54 Å². The van der Waals surface area contributed by atoms with Gasteiger partial charge in [-0.1, -0.05) is 0 Å². The maximum absolute atomic E-state index is 11.2. The number of carbonyl (C=O) groups is 1. The number of fused-ring (bicyclic) bond motifs is 1. The van der Waals surface area contributed by atoms with E-state index in [2.05, 4.69) is 5.32 Å². The van der Waals surface area contributed by atoms with Crippen LogP contribution in [0.4, 0.5) is 0 Å². The van der Waals surface area contributed by atoms with E-state index in [-0.39, 0.29) is 24.0 Å². The van der Waals surface area contributed by atoms with Crippen molar-refractivity contribution in [2.45, 2.75) is 25.7 Å². The lowest BCUT2D eigenvalue weighted by molar-refractivity contribution is -0.151. The van der Waals surface area contributed by atoms with Gasteiger partial charge in [0.1, 0.15) is 0 Å². The zero-order chi connectivity index (χ0) is 9.64. The fourth-order valence-electron chi connectivity index (χ4n) is 1.41. The van der Waals surface area contributed by atoms with Crippen LogP contribution < -0.4 is 5.32 Å². The molecule has 1 atom stereocenters. The van der Waals surface area contributed by atoms with Gasteiger partial charge in [0.2, 0.25) is 11.9 Å². The van der Waals surface area contributed by atoms with E-state index in [0.29, 0.717) is 0 Å². The average molecular weight is 185 g/mol. The minimum Gasteiger partial charge on any atom is -0.507 e. The van der Waals surface area contributed by atoms with Crippen LogP contribution in [0.25, 0.3) is 0 Å². The molecule has 0 saturated carbocycles. The highest BCUT2D eigenvalue weighted by molar-refractivity contribution is 5.85. The maximum Gasteiger partial charge on any atom is 0.257 e. The number of amides is 1. The molecular weight excluding hydrogens is 174 g/mol. The first-order chi connectivity index (χ1) is 5.99. The van der Waals surface area contributed by atoms with Crippen LogP contribution in [-0.4, -0.2) is 29.4 Å². The van der Waals surface area contributed by atoms with Crippen LogP contribution in [0.2, 0.25) is 0 Å². The van der Waals surface area contributed by atoms with Gasteiger partial charge in [0.25, 0.3) is 5.91 Å². The molecule has 0 bridgehead atoms. The number of nitrogens with one attached hydrogen (secondary N) is 1. The molecule has 0 radical (unpaired) electrons. The Morgan fingerprint density at radius 1 is 1.62 bits per heavy atom. The molecule has 0 aromatic heterocycles. The van der Waals surface area contributed by atoms with Gasteiger partial charge in [-0.05, 0) is 0 Å². The molecule has 0 aromatic carbocycles. The van der Waals surface area contributed by atoms with Crippen LogP contribution in [0.5, 0.6) is 0 Å². The monoisotopic (exact) mass is 185 g/mol. The Hall–Kier alpha value is -1.23. The second kappa shape index (κ2) is 2.38. The summed E-state index contributed by atoms with van der Waals surface area (Å²) in [5.74, 6) is -0.822. The number of rotatable bonds is 0. The molecule has 1 unspecified atom stereocenters. The van der Waals surface area contributed by atoms with Gasteiger partial charge < -0.3 is 19.9 Å². The molecule has 5 heteroatoms. The van der Waals surface area contributed by atoms with Gasteiger partial charge >= 0.3 is 0 Å². The molecule has 2 N–H and O–H groups in total. The van der Waals surface area contributed by atoms with Crippen LogP contribution in [-0.2, 0) is 14.3 Å². The van der Waals surface area contributed by atoms with Crippen molar-refractivity contribution in [1.82, 2.24) is 5.32 Å². The third-order valence-corrected chi connectivity index (χ3v) is 1.95. The van der Waals surface area contributed by atoms with Crippen molar-refractivity contribution in [3.8, 4) is 0 Å². The molecule has 0 aromatic rings. The first kappa shape index (κ1) is 8.37. The van der Waals surface area contributed by atoms with Gasteiger partial charge in [-0.25, -0.2) is 0 Å². The van der Waals surface area contributed by atoms with Crippen LogP contribution in [0.15, 0.2) is 11.5 Å². The van der Waals surface area contributed by atoms with Crippen molar-refractivity contribution in [2.75, 3.05) is 6.54 Å². The van der Waals surface area contributed by atoms with E-state index in [0.717, 1.165) is 0 Å². The minimum absolute atomic E-state index is 0.0372. The molecule has 2 heterocycles. The second-order valence-corrected chi connectivity index (χ2v) is 3.53. The molecule has 1 amide bonds. The van der Waals surface area contributed by atoms with Crippen molar-refractivity contribution in [3.63, 3.8) is 0 Å². The summed E-state index contributed by atoms with van der Waals surface area (Å²) in [6.07, 6.45) is -0.788. The molecule has 2 aliphatic heterocycles. The highest BCUT2D eigenvalue weighted by atomic mass is 16.8. The zero-order valence-electron chi connectivity index (χ0n) is 7.46. The summed E-state index contributed by atoms with van der Waals surface area (Å²) in [6.45, 7) is 3.50. The third-order valence-electron chi connectivity index (χ3n) is 1.95. The predicted octanol–water partition coefficient (Wildman–Crippen LogP) is 0.0373. The number of ether oxygens (including phenoxy) is 2. The molecule has 5 nitrogen and oxygen atoms in total. The Morgan fingerprint density at radius 3 is 2.92 bits per heavy atom. The normalized spacial score (nSPS) is 30.9. The zero-order valence-corrected chi connectivity index (χ0v) is 7.46. The fourth-order valence-corrected chi connectivity index (χ4v) is 1.41. The number of aliphatic hydroxyl groups is 1. The van der Waals surface area contributed by atoms with E-state index in [4.69, 9.17) is 9.47 Å². The number of aliphatic hydroxyl groups excluding tert-OH is 1. The number of hydrogen-bond donors (Lipinski definition) is 2. The summed E-state index contributed by atoms with van der Waals surface area (Å²) in [4.78, 5) is 11.2. The topological polar surface area (TPSA) is 67.8 Å². The van der Waals surface area contributed by atoms with E-state index in [1.54, 1.807) is 13.8 Å². The molecule has 2 aliphatic rings. The SMILES string of the molecule is CC1(C)OC2=C(O)CNC(=O)C2O1. The largest absolute Gasteiger partial charge is 0.507 e. The Kier molecular flexibility index (Phi) is 1.53. The van der Waals surface area contributed by atoms with Crippen LogP contribution >= 0.6 is 0 Å². The third kappa shape index (κ3) is 1.25. The second-order valence-electron chi connectivity index (χ2n) is 3.53. The molecule has 0 spiro atoms. The summed E-state index contributed by atoms with van der Waals surface area (Å²) >= 11 is 0.